The summed E-state index contributed by atoms with van der Waals surface area (Å²) in [7, 11) is 0. The number of fused-ring (bicyclic) bond motifs is 1. The Morgan fingerprint density at radius 2 is 2.05 bits per heavy atom. The Balaban J connectivity index is 0.000000448. The third-order valence-electron chi connectivity index (χ3n) is 6.17. The molecular weight excluding hydrogens is 539 g/mol. The van der Waals surface area contributed by atoms with Crippen LogP contribution in [-0.2, 0) is 4.79 Å². The van der Waals surface area contributed by atoms with Crippen molar-refractivity contribution in [2.75, 3.05) is 18.0 Å². The smallest absolute Gasteiger partial charge is 0.475 e. The van der Waals surface area contributed by atoms with Gasteiger partial charge in [-0.05, 0) is 18.6 Å². The van der Waals surface area contributed by atoms with Crippen molar-refractivity contribution in [3.63, 3.8) is 0 Å². The number of pyridine rings is 1. The van der Waals surface area contributed by atoms with Crippen LogP contribution in [0.25, 0.3) is 22.3 Å². The minimum atomic E-state index is -5.08. The molecule has 0 spiro atoms. The molecule has 2 atom stereocenters. The fraction of sp³-hybridized carbons (Fsp3) is 0.292. The number of hydrogen-bond donors (Lipinski definition) is 2. The van der Waals surface area contributed by atoms with Crippen molar-refractivity contribution < 1.29 is 23.1 Å². The molecule has 5 rings (SSSR count). The molecule has 11 nitrogen and oxygen atoms in total. The second-order valence-electron chi connectivity index (χ2n) is 8.53. The highest BCUT2D eigenvalue weighted by molar-refractivity contribution is 6.31. The molecule has 0 aliphatic carbocycles. The average Bonchev–Trinajstić information content (AvgIpc) is 3.68. The summed E-state index contributed by atoms with van der Waals surface area (Å²) in [6, 6.07) is 7.99. The molecule has 4 aromatic rings. The second kappa shape index (κ2) is 11.4. The number of halogens is 4. The highest BCUT2D eigenvalue weighted by Crippen LogP contribution is 2.34. The zero-order valence-electron chi connectivity index (χ0n) is 20.0. The summed E-state index contributed by atoms with van der Waals surface area (Å²) >= 11 is 6.02. The van der Waals surface area contributed by atoms with E-state index in [-0.39, 0.29) is 12.0 Å². The van der Waals surface area contributed by atoms with E-state index in [9.17, 15) is 23.7 Å². The molecule has 200 valence electrons. The maximum Gasteiger partial charge on any atom is 0.490 e. The fourth-order valence-electron chi connectivity index (χ4n) is 4.31. The third kappa shape index (κ3) is 6.08. The number of nitriles is 2. The Hall–Kier alpha value is -4.69. The van der Waals surface area contributed by atoms with Gasteiger partial charge in [-0.3, -0.25) is 4.68 Å². The van der Waals surface area contributed by atoms with Gasteiger partial charge in [0, 0.05) is 48.5 Å². The minimum Gasteiger partial charge on any atom is -0.475 e. The van der Waals surface area contributed by atoms with Crippen molar-refractivity contribution in [2.45, 2.75) is 25.1 Å². The molecule has 0 radical (unpaired) electrons. The second-order valence-corrected chi connectivity index (χ2v) is 8.94. The number of carboxylic acids is 1. The van der Waals surface area contributed by atoms with E-state index < -0.39 is 12.1 Å². The first-order valence-electron chi connectivity index (χ1n) is 11.4. The van der Waals surface area contributed by atoms with Crippen LogP contribution in [-0.4, -0.2) is 60.1 Å². The lowest BCUT2D eigenvalue weighted by Crippen LogP contribution is -2.25. The molecule has 0 bridgehead atoms. The lowest BCUT2D eigenvalue weighted by molar-refractivity contribution is -0.192. The monoisotopic (exact) mass is 557 g/mol. The summed E-state index contributed by atoms with van der Waals surface area (Å²) < 4.78 is 33.6. The Labute approximate surface area is 224 Å². The normalized spacial score (nSPS) is 15.7. The number of aromatic nitrogens is 6. The third-order valence-corrected chi connectivity index (χ3v) is 6.47. The van der Waals surface area contributed by atoms with Gasteiger partial charge in [0.1, 0.15) is 23.9 Å². The van der Waals surface area contributed by atoms with Crippen LogP contribution >= 0.6 is 11.6 Å². The van der Waals surface area contributed by atoms with Gasteiger partial charge in [-0.1, -0.05) is 11.6 Å². The maximum absolute atomic E-state index is 10.6. The van der Waals surface area contributed by atoms with E-state index in [1.165, 1.54) is 12.5 Å². The topological polar surface area (TPSA) is 160 Å². The van der Waals surface area contributed by atoms with Crippen LogP contribution in [0.3, 0.4) is 0 Å². The number of anilines is 1. The van der Waals surface area contributed by atoms with Crippen LogP contribution in [0, 0.1) is 28.6 Å². The van der Waals surface area contributed by atoms with Crippen LogP contribution in [0.5, 0.6) is 0 Å². The predicted molar refractivity (Wildman–Crippen MR) is 132 cm³/mol. The van der Waals surface area contributed by atoms with Gasteiger partial charge in [0.2, 0.25) is 0 Å². The number of nitrogens with one attached hydrogen (secondary N) is 1. The van der Waals surface area contributed by atoms with Crippen molar-refractivity contribution in [3.05, 3.63) is 53.8 Å². The summed E-state index contributed by atoms with van der Waals surface area (Å²) in [5.41, 5.74) is 2.87. The zero-order chi connectivity index (χ0) is 28.2. The Morgan fingerprint density at radius 1 is 1.28 bits per heavy atom. The van der Waals surface area contributed by atoms with Gasteiger partial charge < -0.3 is 15.0 Å². The van der Waals surface area contributed by atoms with Crippen molar-refractivity contribution in [2.24, 2.45) is 5.92 Å². The van der Waals surface area contributed by atoms with Crippen LogP contribution in [0.4, 0.5) is 19.0 Å². The van der Waals surface area contributed by atoms with Crippen LogP contribution < -0.4 is 4.90 Å². The Morgan fingerprint density at radius 3 is 2.74 bits per heavy atom. The number of aromatic amines is 1. The Bertz CT molecular complexity index is 1570. The molecule has 15 heteroatoms. The van der Waals surface area contributed by atoms with Gasteiger partial charge in [-0.2, -0.15) is 28.8 Å². The largest absolute Gasteiger partial charge is 0.490 e. The summed E-state index contributed by atoms with van der Waals surface area (Å²) in [6.45, 7) is 1.51. The van der Waals surface area contributed by atoms with Crippen molar-refractivity contribution in [1.29, 1.82) is 10.5 Å². The van der Waals surface area contributed by atoms with Crippen LogP contribution in [0.1, 0.15) is 24.4 Å². The number of rotatable bonds is 5. The number of H-pyrrole nitrogens is 1. The quantitative estimate of drug-likeness (QED) is 0.363. The molecular formula is C24H19ClF3N9O2. The minimum absolute atomic E-state index is 0.0787. The van der Waals surface area contributed by atoms with E-state index >= 15 is 0 Å². The molecule has 2 N–H and O–H groups in total. The van der Waals surface area contributed by atoms with Gasteiger partial charge in [-0.15, -0.1) is 0 Å². The molecule has 39 heavy (non-hydrogen) atoms. The molecule has 5 heterocycles. The van der Waals surface area contributed by atoms with Crippen LogP contribution in [0.15, 0.2) is 43.2 Å². The van der Waals surface area contributed by atoms with Crippen LogP contribution in [0.2, 0.25) is 5.02 Å². The predicted octanol–water partition coefficient (Wildman–Crippen LogP) is 4.36. The summed E-state index contributed by atoms with van der Waals surface area (Å²) in [6.07, 6.45) is 4.77. The molecule has 2 unspecified atom stereocenters. The van der Waals surface area contributed by atoms with E-state index in [4.69, 9.17) is 21.5 Å². The van der Waals surface area contributed by atoms with Gasteiger partial charge in [0.15, 0.2) is 0 Å². The molecule has 1 fully saturated rings. The van der Waals surface area contributed by atoms with E-state index in [0.29, 0.717) is 17.0 Å². The maximum atomic E-state index is 10.6. The molecule has 4 aromatic heterocycles. The highest BCUT2D eigenvalue weighted by atomic mass is 35.5. The van der Waals surface area contributed by atoms with E-state index in [0.717, 1.165) is 47.6 Å². The summed E-state index contributed by atoms with van der Waals surface area (Å²) in [5, 5.41) is 31.7. The van der Waals surface area contributed by atoms with E-state index in [1.54, 1.807) is 12.3 Å². The molecule has 0 amide bonds. The number of hydrogen-bond acceptors (Lipinski definition) is 8. The van der Waals surface area contributed by atoms with Crippen molar-refractivity contribution >= 4 is 34.4 Å². The number of aliphatic carboxylic acids is 1. The Kier molecular flexibility index (Phi) is 7.97. The van der Waals surface area contributed by atoms with Gasteiger partial charge in [-0.25, -0.2) is 19.7 Å². The lowest BCUT2D eigenvalue weighted by Gasteiger charge is -2.23. The average molecular weight is 558 g/mol. The summed E-state index contributed by atoms with van der Waals surface area (Å²) in [5.74, 6) is -1.82. The highest BCUT2D eigenvalue weighted by Gasteiger charge is 2.38. The first-order valence-corrected chi connectivity index (χ1v) is 11.8. The number of nitrogens with zero attached hydrogens (tertiary/aromatic N) is 8. The first-order chi connectivity index (χ1) is 18.6. The van der Waals surface area contributed by atoms with E-state index in [2.05, 4.69) is 42.1 Å². The molecule has 0 aromatic carbocycles. The lowest BCUT2D eigenvalue weighted by atomic mass is 9.96. The molecule has 1 aliphatic rings. The number of alkyl halides is 3. The van der Waals surface area contributed by atoms with Crippen molar-refractivity contribution in [1.82, 2.24) is 29.7 Å². The zero-order valence-corrected chi connectivity index (χ0v) is 20.7. The molecule has 0 saturated carbocycles. The molecule has 1 aliphatic heterocycles. The fourth-order valence-corrected chi connectivity index (χ4v) is 4.46. The van der Waals surface area contributed by atoms with Gasteiger partial charge in [0.05, 0.1) is 41.0 Å². The van der Waals surface area contributed by atoms with Crippen molar-refractivity contribution in [3.8, 4) is 23.4 Å². The SMILES string of the molecule is N#CCC(C1CCN(c2cc(C#N)c(Cl)cn2)C1)n1cc(-c2ncnc3[nH]ccc23)cn1.O=C(O)C(F)(F)F. The van der Waals surface area contributed by atoms with E-state index in [1.807, 2.05) is 23.1 Å². The summed E-state index contributed by atoms with van der Waals surface area (Å²) in [4.78, 5) is 27.2. The molecule has 1 saturated heterocycles. The van der Waals surface area contributed by atoms with Gasteiger partial charge >= 0.3 is 12.1 Å². The number of carbonyl (C=O) groups is 1. The van der Waals surface area contributed by atoms with Gasteiger partial charge in [0.25, 0.3) is 0 Å². The number of carboxylic acid groups (broad SMARTS) is 1. The standard InChI is InChI=1S/C22H18ClN9.C2HF3O2/c23-18-10-27-20(7-15(18)8-25)31-6-3-14(11-31)19(1-4-24)32-12-16(9-30-32)21-17-2-5-26-22(17)29-13-28-21;3-2(4,5)1(6)7/h2,5,7,9-10,12-14,19H,1,3,6,11H2,(H,26,28,29);(H,6,7). The first kappa shape index (κ1) is 27.3.